The Kier molecular flexibility index (Phi) is 7.25. The summed E-state index contributed by atoms with van der Waals surface area (Å²) in [5.74, 6) is 0.306. The molecule has 0 saturated heterocycles. The van der Waals surface area contributed by atoms with Crippen LogP contribution >= 0.6 is 0 Å². The summed E-state index contributed by atoms with van der Waals surface area (Å²) >= 11 is 0. The fourth-order valence-corrected chi connectivity index (χ4v) is 0.990. The molecule has 0 atom stereocenters. The number of pyridine rings is 1. The third kappa shape index (κ3) is 4.04. The predicted octanol–water partition coefficient (Wildman–Crippen LogP) is 3.35. The van der Waals surface area contributed by atoms with E-state index in [9.17, 15) is 4.39 Å². The van der Waals surface area contributed by atoms with Crippen LogP contribution in [0.1, 0.15) is 32.9 Å². The highest BCUT2D eigenvalue weighted by Crippen LogP contribution is 2.26. The van der Waals surface area contributed by atoms with Crippen LogP contribution in [0.4, 0.5) is 4.39 Å². The maximum absolute atomic E-state index is 13.1. The molecule has 0 aromatic carbocycles. The van der Waals surface area contributed by atoms with E-state index in [4.69, 9.17) is 9.47 Å². The van der Waals surface area contributed by atoms with Crippen molar-refractivity contribution >= 4 is 0 Å². The largest absolute Gasteiger partial charge is 0.491 e. The molecule has 4 heteroatoms. The van der Waals surface area contributed by atoms with Crippen LogP contribution in [0.2, 0.25) is 0 Å². The lowest BCUT2D eigenvalue weighted by Crippen LogP contribution is -2.02. The number of rotatable bonds is 4. The Bertz CT molecular complexity index is 316. The molecule has 0 spiro atoms. The Morgan fingerprint density at radius 2 is 2.00 bits per heavy atom. The predicted molar refractivity (Wildman–Crippen MR) is 62.6 cm³/mol. The van der Waals surface area contributed by atoms with Crippen molar-refractivity contribution in [2.45, 2.75) is 34.1 Å². The first-order valence-corrected chi connectivity index (χ1v) is 5.53. The monoisotopic (exact) mass is 229 g/mol. The zero-order valence-electron chi connectivity index (χ0n) is 10.6. The molecule has 0 saturated carbocycles. The zero-order chi connectivity index (χ0) is 12.6. The molecule has 0 N–H and O–H groups in total. The number of halogens is 1. The lowest BCUT2D eigenvalue weighted by atomic mass is 10.3. The van der Waals surface area contributed by atoms with Gasteiger partial charge in [-0.1, -0.05) is 20.8 Å². The Hall–Kier alpha value is -1.32. The smallest absolute Gasteiger partial charge is 0.257 e. The molecule has 1 rings (SSSR count). The molecule has 1 heterocycles. The molecular formula is C12H20FNO2. The summed E-state index contributed by atoms with van der Waals surface area (Å²) in [6.45, 7) is 8.13. The number of ether oxygens (including phenoxy) is 2. The lowest BCUT2D eigenvalue weighted by Gasteiger charge is -2.09. The van der Waals surface area contributed by atoms with Crippen LogP contribution in [0.25, 0.3) is 0 Å². The Labute approximate surface area is 96.6 Å². The summed E-state index contributed by atoms with van der Waals surface area (Å²) in [6, 6.07) is 1.29. The van der Waals surface area contributed by atoms with Crippen LogP contribution in [0.5, 0.6) is 11.6 Å². The van der Waals surface area contributed by atoms with Gasteiger partial charge in [0.05, 0.1) is 19.4 Å². The van der Waals surface area contributed by atoms with Gasteiger partial charge in [0, 0.05) is 6.07 Å². The van der Waals surface area contributed by atoms with E-state index in [0.717, 1.165) is 6.42 Å². The number of methoxy groups -OCH3 is 1. The standard InChI is InChI=1S/C10H14FNO2.C2H6/c1-4-5-14-10-9(13-3)6-8(11)7(2)12-10;1-2/h6H,4-5H2,1-3H3;1-2H3. The minimum absolute atomic E-state index is 0.317. The van der Waals surface area contributed by atoms with Crippen molar-refractivity contribution in [3.63, 3.8) is 0 Å². The van der Waals surface area contributed by atoms with Gasteiger partial charge < -0.3 is 9.47 Å². The topological polar surface area (TPSA) is 31.4 Å². The van der Waals surface area contributed by atoms with Gasteiger partial charge >= 0.3 is 0 Å². The van der Waals surface area contributed by atoms with Crippen LogP contribution in [0.3, 0.4) is 0 Å². The SMILES string of the molecule is CC.CCCOc1nc(C)c(F)cc1OC. The molecule has 0 amide bonds. The summed E-state index contributed by atoms with van der Waals surface area (Å²) in [5.41, 5.74) is 0.317. The molecule has 0 radical (unpaired) electrons. The Morgan fingerprint density at radius 1 is 1.38 bits per heavy atom. The highest BCUT2D eigenvalue weighted by Gasteiger charge is 2.10. The van der Waals surface area contributed by atoms with Gasteiger partial charge in [-0.3, -0.25) is 0 Å². The summed E-state index contributed by atoms with van der Waals surface area (Å²) in [4.78, 5) is 3.96. The van der Waals surface area contributed by atoms with Crippen molar-refractivity contribution in [1.82, 2.24) is 4.98 Å². The summed E-state index contributed by atoms with van der Waals surface area (Å²) in [5, 5.41) is 0. The zero-order valence-corrected chi connectivity index (χ0v) is 10.6. The third-order valence-electron chi connectivity index (χ3n) is 1.75. The van der Waals surface area contributed by atoms with Crippen molar-refractivity contribution in [2.75, 3.05) is 13.7 Å². The fourth-order valence-electron chi connectivity index (χ4n) is 0.990. The highest BCUT2D eigenvalue weighted by atomic mass is 19.1. The van der Waals surface area contributed by atoms with Crippen molar-refractivity contribution in [3.05, 3.63) is 17.6 Å². The second kappa shape index (κ2) is 7.91. The number of hydrogen-bond donors (Lipinski definition) is 0. The van der Waals surface area contributed by atoms with E-state index in [1.54, 1.807) is 6.92 Å². The average Bonchev–Trinajstić information content (AvgIpc) is 2.32. The lowest BCUT2D eigenvalue weighted by molar-refractivity contribution is 0.280. The van der Waals surface area contributed by atoms with Crippen molar-refractivity contribution in [3.8, 4) is 11.6 Å². The summed E-state index contributed by atoms with van der Waals surface area (Å²) in [7, 11) is 1.46. The fraction of sp³-hybridized carbons (Fsp3) is 0.583. The molecule has 0 aliphatic rings. The van der Waals surface area contributed by atoms with E-state index >= 15 is 0 Å². The number of aromatic nitrogens is 1. The van der Waals surface area contributed by atoms with E-state index in [2.05, 4.69) is 4.98 Å². The molecular weight excluding hydrogens is 209 g/mol. The average molecular weight is 229 g/mol. The molecule has 3 nitrogen and oxygen atoms in total. The van der Waals surface area contributed by atoms with Crippen LogP contribution in [0.15, 0.2) is 6.07 Å². The molecule has 0 unspecified atom stereocenters. The van der Waals surface area contributed by atoms with Crippen molar-refractivity contribution in [1.29, 1.82) is 0 Å². The van der Waals surface area contributed by atoms with Crippen molar-refractivity contribution in [2.24, 2.45) is 0 Å². The quantitative estimate of drug-likeness (QED) is 0.793. The first-order valence-electron chi connectivity index (χ1n) is 5.53. The van der Waals surface area contributed by atoms with Gasteiger partial charge in [-0.15, -0.1) is 0 Å². The molecule has 16 heavy (non-hydrogen) atoms. The molecule has 0 fully saturated rings. The summed E-state index contributed by atoms with van der Waals surface area (Å²) < 4.78 is 23.3. The van der Waals surface area contributed by atoms with Gasteiger partial charge in [0.25, 0.3) is 5.88 Å². The van der Waals surface area contributed by atoms with Gasteiger partial charge in [0.1, 0.15) is 5.82 Å². The third-order valence-corrected chi connectivity index (χ3v) is 1.75. The van der Waals surface area contributed by atoms with Crippen molar-refractivity contribution < 1.29 is 13.9 Å². The summed E-state index contributed by atoms with van der Waals surface area (Å²) in [6.07, 6.45) is 0.876. The molecule has 0 aliphatic heterocycles. The normalized spacial score (nSPS) is 9.12. The maximum Gasteiger partial charge on any atom is 0.257 e. The Balaban J connectivity index is 0.00000106. The maximum atomic E-state index is 13.1. The minimum Gasteiger partial charge on any atom is -0.491 e. The number of hydrogen-bond acceptors (Lipinski definition) is 3. The van der Waals surface area contributed by atoms with Crippen LogP contribution in [-0.2, 0) is 0 Å². The van der Waals surface area contributed by atoms with Crippen LogP contribution in [-0.4, -0.2) is 18.7 Å². The first-order chi connectivity index (χ1) is 7.69. The second-order valence-electron chi connectivity index (χ2n) is 2.91. The highest BCUT2D eigenvalue weighted by molar-refractivity contribution is 5.35. The molecule has 1 aromatic rings. The van der Waals surface area contributed by atoms with Gasteiger partial charge in [-0.25, -0.2) is 9.37 Å². The van der Waals surface area contributed by atoms with Gasteiger partial charge in [0.15, 0.2) is 5.75 Å². The molecule has 0 aliphatic carbocycles. The van der Waals surface area contributed by atoms with Gasteiger partial charge in [0.2, 0.25) is 0 Å². The van der Waals surface area contributed by atoms with E-state index in [1.807, 2.05) is 20.8 Å². The van der Waals surface area contributed by atoms with E-state index in [1.165, 1.54) is 13.2 Å². The van der Waals surface area contributed by atoms with Gasteiger partial charge in [-0.2, -0.15) is 0 Å². The molecule has 0 bridgehead atoms. The van der Waals surface area contributed by atoms with E-state index in [0.29, 0.717) is 23.9 Å². The molecule has 1 aromatic heterocycles. The number of aryl methyl sites for hydroxylation is 1. The Morgan fingerprint density at radius 3 is 2.50 bits per heavy atom. The van der Waals surface area contributed by atoms with Gasteiger partial charge in [-0.05, 0) is 13.3 Å². The van der Waals surface area contributed by atoms with Crippen LogP contribution < -0.4 is 9.47 Å². The number of nitrogens with zero attached hydrogens (tertiary/aromatic N) is 1. The second-order valence-corrected chi connectivity index (χ2v) is 2.91. The first kappa shape index (κ1) is 14.7. The van der Waals surface area contributed by atoms with E-state index in [-0.39, 0.29) is 5.82 Å². The van der Waals surface area contributed by atoms with Crippen LogP contribution in [0, 0.1) is 12.7 Å². The molecule has 92 valence electrons. The van der Waals surface area contributed by atoms with E-state index < -0.39 is 0 Å². The minimum atomic E-state index is -0.384.